The summed E-state index contributed by atoms with van der Waals surface area (Å²) < 4.78 is 0. The normalized spacial score (nSPS) is 10.6. The Labute approximate surface area is 112 Å². The van der Waals surface area contributed by atoms with Gasteiger partial charge >= 0.3 is 0 Å². The predicted octanol–water partition coefficient (Wildman–Crippen LogP) is 3.69. The van der Waals surface area contributed by atoms with Crippen LogP contribution in [-0.2, 0) is 19.3 Å². The average Bonchev–Trinajstić information content (AvgIpc) is 2.86. The van der Waals surface area contributed by atoms with E-state index in [-0.39, 0.29) is 5.78 Å². The molecule has 2 aromatic heterocycles. The second-order valence-corrected chi connectivity index (χ2v) is 5.46. The number of aromatic nitrogens is 1. The lowest BCUT2D eigenvalue weighted by atomic mass is 10.0. The standard InChI is InChI=1S/C15H17NOS/c1-3-11-10-16-8-7-14(11)15(17)9-13-6-5-12(4-2)18-13/h5-8,10H,3-4,9H2,1-2H3. The van der Waals surface area contributed by atoms with Crippen molar-refractivity contribution in [2.75, 3.05) is 0 Å². The molecule has 2 aromatic rings. The predicted molar refractivity (Wildman–Crippen MR) is 75.3 cm³/mol. The minimum absolute atomic E-state index is 0.193. The van der Waals surface area contributed by atoms with E-state index in [9.17, 15) is 4.79 Å². The zero-order valence-corrected chi connectivity index (χ0v) is 11.6. The quantitative estimate of drug-likeness (QED) is 0.766. The lowest BCUT2D eigenvalue weighted by molar-refractivity contribution is 0.0993. The Morgan fingerprint density at radius 2 is 1.94 bits per heavy atom. The largest absolute Gasteiger partial charge is 0.294 e. The fourth-order valence-corrected chi connectivity index (χ4v) is 2.90. The van der Waals surface area contributed by atoms with Crippen molar-refractivity contribution in [1.82, 2.24) is 4.98 Å². The minimum atomic E-state index is 0.193. The molecule has 0 saturated carbocycles. The topological polar surface area (TPSA) is 30.0 Å². The van der Waals surface area contributed by atoms with Gasteiger partial charge in [-0.2, -0.15) is 0 Å². The van der Waals surface area contributed by atoms with Crippen molar-refractivity contribution < 1.29 is 4.79 Å². The lowest BCUT2D eigenvalue weighted by Gasteiger charge is -2.04. The van der Waals surface area contributed by atoms with Crippen LogP contribution in [0.5, 0.6) is 0 Å². The highest BCUT2D eigenvalue weighted by molar-refractivity contribution is 7.12. The van der Waals surface area contributed by atoms with Gasteiger partial charge in [0.1, 0.15) is 0 Å². The van der Waals surface area contributed by atoms with Gasteiger partial charge in [0.2, 0.25) is 0 Å². The molecule has 18 heavy (non-hydrogen) atoms. The van der Waals surface area contributed by atoms with Gasteiger partial charge < -0.3 is 0 Å². The van der Waals surface area contributed by atoms with Crippen molar-refractivity contribution in [3.8, 4) is 0 Å². The van der Waals surface area contributed by atoms with Crippen LogP contribution in [0.3, 0.4) is 0 Å². The molecule has 0 atom stereocenters. The first-order valence-electron chi connectivity index (χ1n) is 6.28. The third-order valence-electron chi connectivity index (χ3n) is 2.99. The molecule has 0 amide bonds. The Kier molecular flexibility index (Phi) is 4.26. The number of ketones is 1. The number of pyridine rings is 1. The molecular formula is C15H17NOS. The summed E-state index contributed by atoms with van der Waals surface area (Å²) in [5, 5.41) is 0. The van der Waals surface area contributed by atoms with Crippen LogP contribution in [0.25, 0.3) is 0 Å². The summed E-state index contributed by atoms with van der Waals surface area (Å²) in [6, 6.07) is 6.00. The second kappa shape index (κ2) is 5.91. The molecule has 2 heterocycles. The summed E-state index contributed by atoms with van der Waals surface area (Å²) in [5.41, 5.74) is 1.86. The van der Waals surface area contributed by atoms with Crippen LogP contribution >= 0.6 is 11.3 Å². The number of Topliss-reactive ketones (excluding diaryl/α,β-unsaturated/α-hetero) is 1. The van der Waals surface area contributed by atoms with Gasteiger partial charge in [0.25, 0.3) is 0 Å². The van der Waals surface area contributed by atoms with Gasteiger partial charge in [-0.05, 0) is 36.6 Å². The lowest BCUT2D eigenvalue weighted by Crippen LogP contribution is -2.06. The average molecular weight is 259 g/mol. The molecule has 2 rings (SSSR count). The van der Waals surface area contributed by atoms with Gasteiger partial charge in [-0.25, -0.2) is 0 Å². The molecule has 2 nitrogen and oxygen atoms in total. The summed E-state index contributed by atoms with van der Waals surface area (Å²) in [6.07, 6.45) is 5.87. The molecule has 0 N–H and O–H groups in total. The zero-order valence-electron chi connectivity index (χ0n) is 10.8. The molecule has 0 fully saturated rings. The van der Waals surface area contributed by atoms with E-state index < -0.39 is 0 Å². The van der Waals surface area contributed by atoms with E-state index in [1.807, 2.05) is 13.0 Å². The van der Waals surface area contributed by atoms with Crippen molar-refractivity contribution >= 4 is 17.1 Å². The van der Waals surface area contributed by atoms with Crippen molar-refractivity contribution in [1.29, 1.82) is 0 Å². The number of rotatable bonds is 5. The van der Waals surface area contributed by atoms with Crippen molar-refractivity contribution in [3.05, 3.63) is 51.5 Å². The molecule has 0 aliphatic carbocycles. The fourth-order valence-electron chi connectivity index (χ4n) is 1.94. The van der Waals surface area contributed by atoms with E-state index in [1.165, 1.54) is 4.88 Å². The summed E-state index contributed by atoms with van der Waals surface area (Å²) in [7, 11) is 0. The van der Waals surface area contributed by atoms with Gasteiger partial charge in [0.05, 0.1) is 0 Å². The SMILES string of the molecule is CCc1ccc(CC(=O)c2ccncc2CC)s1. The fraction of sp³-hybridized carbons (Fsp3) is 0.333. The van der Waals surface area contributed by atoms with Crippen LogP contribution < -0.4 is 0 Å². The molecule has 0 spiro atoms. The molecule has 0 aromatic carbocycles. The smallest absolute Gasteiger partial charge is 0.168 e. The highest BCUT2D eigenvalue weighted by Gasteiger charge is 2.12. The zero-order chi connectivity index (χ0) is 13.0. The Balaban J connectivity index is 2.16. The first-order valence-corrected chi connectivity index (χ1v) is 7.10. The summed E-state index contributed by atoms with van der Waals surface area (Å²) in [5.74, 6) is 0.193. The van der Waals surface area contributed by atoms with Gasteiger partial charge in [-0.15, -0.1) is 11.3 Å². The van der Waals surface area contributed by atoms with E-state index in [1.54, 1.807) is 23.7 Å². The minimum Gasteiger partial charge on any atom is -0.294 e. The van der Waals surface area contributed by atoms with Crippen LogP contribution in [0.2, 0.25) is 0 Å². The van der Waals surface area contributed by atoms with E-state index in [0.717, 1.165) is 28.8 Å². The highest BCUT2D eigenvalue weighted by atomic mass is 32.1. The second-order valence-electron chi connectivity index (χ2n) is 4.21. The van der Waals surface area contributed by atoms with E-state index in [0.29, 0.717) is 6.42 Å². The molecule has 0 radical (unpaired) electrons. The summed E-state index contributed by atoms with van der Waals surface area (Å²) in [4.78, 5) is 18.8. The number of aryl methyl sites for hydroxylation is 2. The summed E-state index contributed by atoms with van der Waals surface area (Å²) >= 11 is 1.73. The van der Waals surface area contributed by atoms with Gasteiger partial charge in [-0.1, -0.05) is 13.8 Å². The number of carbonyl (C=O) groups excluding carboxylic acids is 1. The van der Waals surface area contributed by atoms with Gasteiger partial charge in [0.15, 0.2) is 5.78 Å². The van der Waals surface area contributed by atoms with Crippen LogP contribution in [0.4, 0.5) is 0 Å². The summed E-state index contributed by atoms with van der Waals surface area (Å²) in [6.45, 7) is 4.18. The van der Waals surface area contributed by atoms with Crippen LogP contribution in [0.15, 0.2) is 30.6 Å². The number of hydrogen-bond acceptors (Lipinski definition) is 3. The number of carbonyl (C=O) groups is 1. The Morgan fingerprint density at radius 3 is 2.61 bits per heavy atom. The van der Waals surface area contributed by atoms with E-state index in [4.69, 9.17) is 0 Å². The highest BCUT2D eigenvalue weighted by Crippen LogP contribution is 2.20. The van der Waals surface area contributed by atoms with Crippen LogP contribution in [-0.4, -0.2) is 10.8 Å². The molecule has 94 valence electrons. The van der Waals surface area contributed by atoms with Crippen molar-refractivity contribution in [2.45, 2.75) is 33.1 Å². The third kappa shape index (κ3) is 2.85. The first kappa shape index (κ1) is 13.0. The number of hydrogen-bond donors (Lipinski definition) is 0. The molecule has 0 aliphatic heterocycles. The van der Waals surface area contributed by atoms with Crippen molar-refractivity contribution in [3.63, 3.8) is 0 Å². The van der Waals surface area contributed by atoms with E-state index >= 15 is 0 Å². The van der Waals surface area contributed by atoms with Crippen LogP contribution in [0, 0.1) is 0 Å². The Hall–Kier alpha value is -1.48. The maximum atomic E-state index is 12.3. The molecular weight excluding hydrogens is 242 g/mol. The molecule has 0 unspecified atom stereocenters. The van der Waals surface area contributed by atoms with E-state index in [2.05, 4.69) is 24.0 Å². The van der Waals surface area contributed by atoms with Gasteiger partial charge in [0, 0.05) is 34.1 Å². The first-order chi connectivity index (χ1) is 8.74. The number of nitrogens with zero attached hydrogens (tertiary/aromatic N) is 1. The number of thiophene rings is 1. The molecule has 3 heteroatoms. The molecule has 0 bridgehead atoms. The van der Waals surface area contributed by atoms with Crippen molar-refractivity contribution in [2.24, 2.45) is 0 Å². The third-order valence-corrected chi connectivity index (χ3v) is 4.22. The van der Waals surface area contributed by atoms with Crippen LogP contribution in [0.1, 0.15) is 39.5 Å². The molecule has 0 aliphatic rings. The van der Waals surface area contributed by atoms with Gasteiger partial charge in [-0.3, -0.25) is 9.78 Å². The maximum absolute atomic E-state index is 12.3. The molecule has 0 saturated heterocycles. The monoisotopic (exact) mass is 259 g/mol. The maximum Gasteiger partial charge on any atom is 0.168 e. The Morgan fingerprint density at radius 1 is 1.17 bits per heavy atom. The Bertz CT molecular complexity index is 545.